The molecule has 2 aliphatic rings. The Labute approximate surface area is 229 Å². The second-order valence-corrected chi connectivity index (χ2v) is 11.9. The Kier molecular flexibility index (Phi) is 9.04. The molecule has 2 amide bonds. The summed E-state index contributed by atoms with van der Waals surface area (Å²) < 4.78 is 37.9. The number of benzene rings is 2. The second-order valence-electron chi connectivity index (χ2n) is 9.62. The van der Waals surface area contributed by atoms with Gasteiger partial charge in [0.15, 0.2) is 11.5 Å². The third-order valence-corrected chi connectivity index (χ3v) is 8.39. The molecule has 0 radical (unpaired) electrons. The summed E-state index contributed by atoms with van der Waals surface area (Å²) in [6, 6.07) is 11.1. The van der Waals surface area contributed by atoms with Gasteiger partial charge in [-0.3, -0.25) is 13.9 Å². The van der Waals surface area contributed by atoms with Crippen LogP contribution in [0.5, 0.6) is 11.5 Å². The molecule has 0 aromatic heterocycles. The third-order valence-electron chi connectivity index (χ3n) is 6.88. The van der Waals surface area contributed by atoms with Gasteiger partial charge in [0, 0.05) is 23.7 Å². The number of ether oxygens (including phenoxy) is 2. The molecular formula is C27H34ClN3O6S. The van der Waals surface area contributed by atoms with Gasteiger partial charge in [-0.2, -0.15) is 0 Å². The summed E-state index contributed by atoms with van der Waals surface area (Å²) in [6.07, 6.45) is 5.34. The molecule has 11 heteroatoms. The van der Waals surface area contributed by atoms with Crippen LogP contribution in [-0.4, -0.2) is 63.2 Å². The van der Waals surface area contributed by atoms with Crippen LogP contribution >= 0.6 is 11.6 Å². The zero-order valence-corrected chi connectivity index (χ0v) is 23.3. The number of fused-ring (bicyclic) bond motifs is 1. The number of sulfonamides is 1. The number of amides is 2. The van der Waals surface area contributed by atoms with Crippen molar-refractivity contribution in [2.45, 2.75) is 57.7 Å². The first kappa shape index (κ1) is 28.0. The number of nitrogens with zero attached hydrogens (tertiary/aromatic N) is 2. The van der Waals surface area contributed by atoms with Gasteiger partial charge in [-0.25, -0.2) is 8.42 Å². The molecule has 1 aliphatic carbocycles. The monoisotopic (exact) mass is 563 g/mol. The fourth-order valence-corrected chi connectivity index (χ4v) is 5.93. The van der Waals surface area contributed by atoms with Crippen LogP contribution < -0.4 is 19.1 Å². The molecule has 4 rings (SSSR count). The lowest BCUT2D eigenvalue weighted by molar-refractivity contribution is -0.140. The van der Waals surface area contributed by atoms with E-state index >= 15 is 0 Å². The summed E-state index contributed by atoms with van der Waals surface area (Å²) in [5.41, 5.74) is 0.936. The van der Waals surface area contributed by atoms with Crippen molar-refractivity contribution in [1.29, 1.82) is 0 Å². The topological polar surface area (TPSA) is 105 Å². The van der Waals surface area contributed by atoms with Crippen molar-refractivity contribution in [1.82, 2.24) is 10.2 Å². The molecule has 1 N–H and O–H groups in total. The molecule has 1 aliphatic heterocycles. The van der Waals surface area contributed by atoms with Crippen molar-refractivity contribution in [2.24, 2.45) is 0 Å². The van der Waals surface area contributed by atoms with Crippen LogP contribution in [0.25, 0.3) is 0 Å². The SMILES string of the molecule is CC[C@@H](C(=O)NC1CCCC1)N(Cc1ccccc1Cl)C(=O)CN(c1ccc2c(c1)OCCO2)S(C)(=O)=O. The smallest absolute Gasteiger partial charge is 0.244 e. The quantitative estimate of drug-likeness (QED) is 0.472. The Morgan fingerprint density at radius 2 is 1.76 bits per heavy atom. The van der Waals surface area contributed by atoms with Crippen molar-refractivity contribution < 1.29 is 27.5 Å². The lowest BCUT2D eigenvalue weighted by atomic mass is 10.1. The number of halogens is 1. The number of anilines is 1. The Morgan fingerprint density at radius 3 is 2.42 bits per heavy atom. The van der Waals surface area contributed by atoms with Crippen molar-refractivity contribution >= 4 is 39.1 Å². The van der Waals surface area contributed by atoms with Gasteiger partial charge < -0.3 is 19.7 Å². The van der Waals surface area contributed by atoms with Crippen molar-refractivity contribution in [2.75, 3.05) is 30.3 Å². The summed E-state index contributed by atoms with van der Waals surface area (Å²) in [5.74, 6) is 0.156. The highest BCUT2D eigenvalue weighted by Gasteiger charge is 2.33. The van der Waals surface area contributed by atoms with Gasteiger partial charge >= 0.3 is 0 Å². The van der Waals surface area contributed by atoms with E-state index in [9.17, 15) is 18.0 Å². The fraction of sp³-hybridized carbons (Fsp3) is 0.481. The molecule has 0 spiro atoms. The second kappa shape index (κ2) is 12.3. The molecular weight excluding hydrogens is 530 g/mol. The summed E-state index contributed by atoms with van der Waals surface area (Å²) in [5, 5.41) is 3.55. The van der Waals surface area contributed by atoms with Gasteiger partial charge in [-0.05, 0) is 43.0 Å². The van der Waals surface area contributed by atoms with E-state index in [1.165, 1.54) is 4.90 Å². The van der Waals surface area contributed by atoms with E-state index in [-0.39, 0.29) is 24.2 Å². The molecule has 0 unspecified atom stereocenters. The molecule has 38 heavy (non-hydrogen) atoms. The maximum Gasteiger partial charge on any atom is 0.244 e. The van der Waals surface area contributed by atoms with E-state index in [1.807, 2.05) is 6.92 Å². The zero-order valence-electron chi connectivity index (χ0n) is 21.7. The Hall–Kier alpha value is -2.98. The predicted molar refractivity (Wildman–Crippen MR) is 146 cm³/mol. The maximum atomic E-state index is 13.9. The van der Waals surface area contributed by atoms with Gasteiger partial charge in [0.05, 0.1) is 11.9 Å². The Bertz CT molecular complexity index is 1270. The van der Waals surface area contributed by atoms with Gasteiger partial charge in [-0.1, -0.05) is 49.6 Å². The van der Waals surface area contributed by atoms with E-state index in [2.05, 4.69) is 5.32 Å². The number of carbonyl (C=O) groups excluding carboxylic acids is 2. The summed E-state index contributed by atoms with van der Waals surface area (Å²) in [7, 11) is -3.86. The number of hydrogen-bond donors (Lipinski definition) is 1. The molecule has 1 heterocycles. The van der Waals surface area contributed by atoms with Crippen LogP contribution in [0.4, 0.5) is 5.69 Å². The molecule has 1 saturated carbocycles. The van der Waals surface area contributed by atoms with Crippen LogP contribution in [0, 0.1) is 0 Å². The van der Waals surface area contributed by atoms with Crippen molar-refractivity contribution in [3.63, 3.8) is 0 Å². The normalized spacial score (nSPS) is 16.1. The largest absolute Gasteiger partial charge is 0.486 e. The van der Waals surface area contributed by atoms with Gasteiger partial charge in [-0.15, -0.1) is 0 Å². The first-order chi connectivity index (χ1) is 18.2. The van der Waals surface area contributed by atoms with E-state index < -0.39 is 28.5 Å². The van der Waals surface area contributed by atoms with Crippen LogP contribution in [-0.2, 0) is 26.2 Å². The molecule has 2 aromatic carbocycles. The minimum absolute atomic E-state index is 0.0633. The lowest BCUT2D eigenvalue weighted by Crippen LogP contribution is -2.53. The van der Waals surface area contributed by atoms with E-state index in [0.29, 0.717) is 41.7 Å². The Morgan fingerprint density at radius 1 is 1.08 bits per heavy atom. The number of hydrogen-bond acceptors (Lipinski definition) is 6. The summed E-state index contributed by atoms with van der Waals surface area (Å²) in [4.78, 5) is 28.7. The summed E-state index contributed by atoms with van der Waals surface area (Å²) in [6.45, 7) is 2.15. The first-order valence-electron chi connectivity index (χ1n) is 12.9. The number of nitrogens with one attached hydrogen (secondary N) is 1. The van der Waals surface area contributed by atoms with Gasteiger partial charge in [0.25, 0.3) is 0 Å². The average molecular weight is 564 g/mol. The van der Waals surface area contributed by atoms with E-state index in [1.54, 1.807) is 42.5 Å². The molecule has 9 nitrogen and oxygen atoms in total. The maximum absolute atomic E-state index is 13.9. The third kappa shape index (κ3) is 6.71. The Balaban J connectivity index is 1.64. The van der Waals surface area contributed by atoms with Crippen LogP contribution in [0.2, 0.25) is 5.02 Å². The van der Waals surface area contributed by atoms with Crippen molar-refractivity contribution in [3.05, 3.63) is 53.1 Å². The standard InChI is InChI=1S/C27H34ClN3O6S/c1-3-23(27(33)29-20-9-5-6-10-20)30(17-19-8-4-7-11-22(19)28)26(32)18-31(38(2,34)35)21-12-13-24-25(16-21)37-15-14-36-24/h4,7-8,11-13,16,20,23H,3,5-6,9-10,14-15,17-18H2,1-2H3,(H,29,33)/t23-/m0/s1. The van der Waals surface area contributed by atoms with E-state index in [0.717, 1.165) is 36.2 Å². The summed E-state index contributed by atoms with van der Waals surface area (Å²) >= 11 is 6.41. The zero-order chi connectivity index (χ0) is 27.3. The highest BCUT2D eigenvalue weighted by atomic mass is 35.5. The lowest BCUT2D eigenvalue weighted by Gasteiger charge is -2.33. The minimum Gasteiger partial charge on any atom is -0.486 e. The molecule has 1 fully saturated rings. The highest BCUT2D eigenvalue weighted by molar-refractivity contribution is 7.92. The highest BCUT2D eigenvalue weighted by Crippen LogP contribution is 2.35. The average Bonchev–Trinajstić information content (AvgIpc) is 3.40. The van der Waals surface area contributed by atoms with Crippen LogP contribution in [0.1, 0.15) is 44.6 Å². The molecule has 0 bridgehead atoms. The minimum atomic E-state index is -3.86. The molecule has 1 atom stereocenters. The van der Waals surface area contributed by atoms with Crippen LogP contribution in [0.15, 0.2) is 42.5 Å². The van der Waals surface area contributed by atoms with Gasteiger partial charge in [0.2, 0.25) is 21.8 Å². The number of carbonyl (C=O) groups is 2. The molecule has 206 valence electrons. The fourth-order valence-electron chi connectivity index (χ4n) is 4.90. The van der Waals surface area contributed by atoms with E-state index in [4.69, 9.17) is 21.1 Å². The van der Waals surface area contributed by atoms with Gasteiger partial charge in [0.1, 0.15) is 25.8 Å². The predicted octanol–water partition coefficient (Wildman–Crippen LogP) is 3.74. The van der Waals surface area contributed by atoms with Crippen molar-refractivity contribution in [3.8, 4) is 11.5 Å². The molecule has 0 saturated heterocycles. The molecule has 2 aromatic rings. The first-order valence-corrected chi connectivity index (χ1v) is 15.1. The van der Waals surface area contributed by atoms with Crippen LogP contribution in [0.3, 0.4) is 0 Å². The number of rotatable bonds is 10.